The van der Waals surface area contributed by atoms with Crippen LogP contribution in [0.25, 0.3) is 0 Å². The highest BCUT2D eigenvalue weighted by Gasteiger charge is 2.47. The van der Waals surface area contributed by atoms with E-state index < -0.39 is 5.66 Å². The summed E-state index contributed by atoms with van der Waals surface area (Å²) in [7, 11) is 0. The Morgan fingerprint density at radius 3 is 1.36 bits per heavy atom. The molecule has 0 aliphatic rings. The SMILES string of the molecule is Cc1ccc(C(c2ccc(C)cc2)([n+]2cc[nH]c2)[n+]2cc[nH]c2)cc1. The van der Waals surface area contributed by atoms with E-state index >= 15 is 0 Å². The van der Waals surface area contributed by atoms with Gasteiger partial charge in [0.05, 0.1) is 0 Å². The second kappa shape index (κ2) is 6.06. The number of aryl methyl sites for hydroxylation is 2. The largest absolute Gasteiger partial charge is 0.305 e. The number of nitrogens with zero attached hydrogens (tertiary/aromatic N) is 2. The maximum atomic E-state index is 3.20. The first kappa shape index (κ1) is 15.4. The van der Waals surface area contributed by atoms with Gasteiger partial charge in [-0.25, -0.2) is 0 Å². The normalized spacial score (nSPS) is 11.6. The molecule has 2 aromatic carbocycles. The predicted molar refractivity (Wildman–Crippen MR) is 95.9 cm³/mol. The summed E-state index contributed by atoms with van der Waals surface area (Å²) in [6.45, 7) is 4.23. The van der Waals surface area contributed by atoms with E-state index in [-0.39, 0.29) is 0 Å². The lowest BCUT2D eigenvalue weighted by molar-refractivity contribution is -0.971. The number of nitrogens with one attached hydrogen (secondary N) is 2. The van der Waals surface area contributed by atoms with Crippen LogP contribution in [0, 0.1) is 13.8 Å². The minimum absolute atomic E-state index is 0.512. The van der Waals surface area contributed by atoms with E-state index in [9.17, 15) is 0 Å². The third-order valence-corrected chi connectivity index (χ3v) is 4.75. The van der Waals surface area contributed by atoms with Gasteiger partial charge in [0.25, 0.3) is 0 Å². The van der Waals surface area contributed by atoms with Crippen molar-refractivity contribution in [1.82, 2.24) is 9.97 Å². The second-order valence-corrected chi connectivity index (χ2v) is 6.44. The molecular formula is C21H22N4+2. The van der Waals surface area contributed by atoms with Gasteiger partial charge in [-0.15, -0.1) is 0 Å². The zero-order chi connectivity index (χ0) is 17.3. The first-order valence-corrected chi connectivity index (χ1v) is 8.44. The van der Waals surface area contributed by atoms with Crippen LogP contribution in [0.4, 0.5) is 0 Å². The summed E-state index contributed by atoms with van der Waals surface area (Å²) in [5, 5.41) is 0. The summed E-state index contributed by atoms with van der Waals surface area (Å²) >= 11 is 0. The zero-order valence-electron chi connectivity index (χ0n) is 14.5. The van der Waals surface area contributed by atoms with E-state index in [2.05, 4.69) is 93.9 Å². The average Bonchev–Trinajstić information content (AvgIpc) is 3.33. The number of hydrogen-bond donors (Lipinski definition) is 2. The van der Waals surface area contributed by atoms with Gasteiger partial charge in [0, 0.05) is 11.1 Å². The van der Waals surface area contributed by atoms with Crippen LogP contribution >= 0.6 is 0 Å². The predicted octanol–water partition coefficient (Wildman–Crippen LogP) is 2.83. The quantitative estimate of drug-likeness (QED) is 0.540. The van der Waals surface area contributed by atoms with Crippen LogP contribution in [0.15, 0.2) is 86.0 Å². The fourth-order valence-corrected chi connectivity index (χ4v) is 3.45. The van der Waals surface area contributed by atoms with Gasteiger partial charge in [0.2, 0.25) is 12.7 Å². The Balaban J connectivity index is 2.08. The Kier molecular flexibility index (Phi) is 3.73. The topological polar surface area (TPSA) is 39.3 Å². The molecule has 0 amide bonds. The molecule has 0 saturated carbocycles. The van der Waals surface area contributed by atoms with E-state index in [1.807, 2.05) is 25.0 Å². The molecule has 0 fully saturated rings. The number of aromatic nitrogens is 4. The van der Waals surface area contributed by atoms with Crippen molar-refractivity contribution in [3.63, 3.8) is 0 Å². The molecule has 0 bridgehead atoms. The van der Waals surface area contributed by atoms with Crippen molar-refractivity contribution in [2.45, 2.75) is 19.5 Å². The standard InChI is InChI=1S/C21H20N4/c1-17-3-7-19(8-4-17)21(24-13-11-22-15-24,25-14-12-23-16-25)20-9-5-18(2)6-10-20/h3-16H,1-2H3/p+2. The Hall–Kier alpha value is -3.14. The monoisotopic (exact) mass is 330 g/mol. The van der Waals surface area contributed by atoms with E-state index in [0.29, 0.717) is 0 Å². The van der Waals surface area contributed by atoms with Crippen molar-refractivity contribution < 1.29 is 9.13 Å². The van der Waals surface area contributed by atoms with Gasteiger partial charge in [-0.3, -0.25) is 9.97 Å². The summed E-state index contributed by atoms with van der Waals surface area (Å²) < 4.78 is 4.41. The molecule has 2 N–H and O–H groups in total. The summed E-state index contributed by atoms with van der Waals surface area (Å²) in [5.41, 5.74) is 4.37. The number of hydrogen-bond acceptors (Lipinski definition) is 0. The fraction of sp³-hybridized carbons (Fsp3) is 0.143. The van der Waals surface area contributed by atoms with E-state index in [1.165, 1.54) is 22.3 Å². The Bertz CT molecular complexity index is 853. The Labute approximate surface area is 147 Å². The molecule has 0 aliphatic carbocycles. The molecule has 2 heterocycles. The molecule has 4 heteroatoms. The lowest BCUT2D eigenvalue weighted by atomic mass is 9.89. The number of benzene rings is 2. The molecule has 2 aromatic heterocycles. The summed E-state index contributed by atoms with van der Waals surface area (Å²) in [6, 6.07) is 17.5. The summed E-state index contributed by atoms with van der Waals surface area (Å²) in [6.07, 6.45) is 12.0. The molecular weight excluding hydrogens is 308 g/mol. The number of rotatable bonds is 4. The zero-order valence-corrected chi connectivity index (χ0v) is 14.5. The van der Waals surface area contributed by atoms with Crippen LogP contribution in [-0.4, -0.2) is 9.97 Å². The van der Waals surface area contributed by atoms with Crippen LogP contribution in [0.2, 0.25) is 0 Å². The van der Waals surface area contributed by atoms with Crippen LogP contribution in [0.5, 0.6) is 0 Å². The maximum Gasteiger partial charge on any atom is 0.305 e. The van der Waals surface area contributed by atoms with Gasteiger partial charge in [-0.05, 0) is 38.1 Å². The van der Waals surface area contributed by atoms with E-state index in [4.69, 9.17) is 0 Å². The van der Waals surface area contributed by atoms with Crippen LogP contribution < -0.4 is 9.13 Å². The van der Waals surface area contributed by atoms with Gasteiger partial charge in [-0.1, -0.05) is 35.4 Å². The molecule has 4 nitrogen and oxygen atoms in total. The third kappa shape index (κ3) is 2.47. The fourth-order valence-electron chi connectivity index (χ4n) is 3.45. The van der Waals surface area contributed by atoms with Crippen molar-refractivity contribution >= 4 is 0 Å². The second-order valence-electron chi connectivity index (χ2n) is 6.44. The summed E-state index contributed by atoms with van der Waals surface area (Å²) in [4.78, 5) is 6.40. The lowest BCUT2D eigenvalue weighted by Crippen LogP contribution is -2.73. The number of aromatic amines is 2. The molecule has 0 unspecified atom stereocenters. The van der Waals surface area contributed by atoms with Gasteiger partial charge in [-0.2, -0.15) is 9.13 Å². The van der Waals surface area contributed by atoms with Crippen LogP contribution in [0.3, 0.4) is 0 Å². The molecule has 4 rings (SSSR count). The average molecular weight is 330 g/mol. The third-order valence-electron chi connectivity index (χ3n) is 4.75. The van der Waals surface area contributed by atoms with Gasteiger partial charge < -0.3 is 0 Å². The molecule has 124 valence electrons. The highest BCUT2D eigenvalue weighted by Crippen LogP contribution is 2.27. The van der Waals surface area contributed by atoms with E-state index in [0.717, 1.165) is 0 Å². The van der Waals surface area contributed by atoms with Crippen molar-refractivity contribution in [3.05, 3.63) is 108 Å². The van der Waals surface area contributed by atoms with Crippen molar-refractivity contribution in [2.75, 3.05) is 0 Å². The molecule has 0 spiro atoms. The van der Waals surface area contributed by atoms with Gasteiger partial charge in [0.15, 0.2) is 0 Å². The lowest BCUT2D eigenvalue weighted by Gasteiger charge is -2.28. The van der Waals surface area contributed by atoms with Crippen LogP contribution in [-0.2, 0) is 5.66 Å². The molecule has 0 radical (unpaired) electrons. The first-order chi connectivity index (χ1) is 12.2. The van der Waals surface area contributed by atoms with Crippen molar-refractivity contribution in [3.8, 4) is 0 Å². The smallest absolute Gasteiger partial charge is 0.250 e. The minimum Gasteiger partial charge on any atom is -0.250 e. The highest BCUT2D eigenvalue weighted by atomic mass is 15.3. The summed E-state index contributed by atoms with van der Waals surface area (Å²) in [5.74, 6) is 0. The minimum atomic E-state index is -0.512. The van der Waals surface area contributed by atoms with Gasteiger partial charge >= 0.3 is 5.66 Å². The van der Waals surface area contributed by atoms with Crippen LogP contribution in [0.1, 0.15) is 22.3 Å². The van der Waals surface area contributed by atoms with Crippen molar-refractivity contribution in [1.29, 1.82) is 0 Å². The van der Waals surface area contributed by atoms with Gasteiger partial charge in [0.1, 0.15) is 24.8 Å². The number of H-pyrrole nitrogens is 2. The molecule has 0 aliphatic heterocycles. The first-order valence-electron chi connectivity index (χ1n) is 8.44. The van der Waals surface area contributed by atoms with Crippen molar-refractivity contribution in [2.24, 2.45) is 0 Å². The molecule has 25 heavy (non-hydrogen) atoms. The maximum absolute atomic E-state index is 3.20. The molecule has 4 aromatic rings. The molecule has 0 atom stereocenters. The Morgan fingerprint density at radius 1 is 0.640 bits per heavy atom. The Morgan fingerprint density at radius 2 is 1.04 bits per heavy atom. The number of imidazole rings is 2. The van der Waals surface area contributed by atoms with E-state index in [1.54, 1.807) is 0 Å². The highest BCUT2D eigenvalue weighted by molar-refractivity contribution is 5.35. The molecule has 0 saturated heterocycles.